The monoisotopic (exact) mass is 343 g/mol. The van der Waals surface area contributed by atoms with E-state index in [9.17, 15) is 4.39 Å². The largest absolute Gasteiger partial charge is 0.436 e. The van der Waals surface area contributed by atoms with E-state index >= 15 is 0 Å². The second kappa shape index (κ2) is 6.48. The number of aromatic nitrogens is 1. The molecule has 1 fully saturated rings. The zero-order valence-corrected chi connectivity index (χ0v) is 14.4. The number of benzene rings is 1. The van der Waals surface area contributed by atoms with Gasteiger partial charge in [-0.1, -0.05) is 12.1 Å². The Labute approximate surface area is 146 Å². The zero-order chi connectivity index (χ0) is 17.4. The predicted molar refractivity (Wildman–Crippen MR) is 94.8 cm³/mol. The molecule has 2 aliphatic heterocycles. The molecule has 25 heavy (non-hydrogen) atoms. The van der Waals surface area contributed by atoms with Crippen LogP contribution in [0.2, 0.25) is 0 Å². The van der Waals surface area contributed by atoms with Gasteiger partial charge in [0, 0.05) is 26.2 Å². The molecule has 1 aromatic carbocycles. The molecule has 0 amide bonds. The van der Waals surface area contributed by atoms with Gasteiger partial charge in [0.2, 0.25) is 12.2 Å². The van der Waals surface area contributed by atoms with Crippen LogP contribution in [0.15, 0.2) is 45.1 Å². The summed E-state index contributed by atoms with van der Waals surface area (Å²) in [5.74, 6) is 1.24. The van der Waals surface area contributed by atoms with E-state index in [4.69, 9.17) is 4.42 Å². The summed E-state index contributed by atoms with van der Waals surface area (Å²) in [6.07, 6.45) is 0.430. The van der Waals surface area contributed by atoms with Crippen molar-refractivity contribution in [1.29, 1.82) is 0 Å². The van der Waals surface area contributed by atoms with E-state index in [1.807, 2.05) is 24.3 Å². The second-order valence-corrected chi connectivity index (χ2v) is 6.51. The van der Waals surface area contributed by atoms with E-state index < -0.39 is 6.30 Å². The lowest BCUT2D eigenvalue weighted by Gasteiger charge is -2.39. The molecule has 0 radical (unpaired) electrons. The molecule has 1 saturated heterocycles. The van der Waals surface area contributed by atoms with Gasteiger partial charge in [0.15, 0.2) is 5.58 Å². The Kier molecular flexibility index (Phi) is 4.17. The van der Waals surface area contributed by atoms with Crippen LogP contribution in [0.5, 0.6) is 0 Å². The summed E-state index contributed by atoms with van der Waals surface area (Å²) in [6, 6.07) is 7.56. The molecule has 4 rings (SSSR count). The van der Waals surface area contributed by atoms with Crippen molar-refractivity contribution >= 4 is 17.4 Å². The molecule has 132 valence electrons. The second-order valence-electron chi connectivity index (χ2n) is 6.51. The van der Waals surface area contributed by atoms with Gasteiger partial charge in [0.1, 0.15) is 11.3 Å². The molecular formula is C18H22FN5O. The van der Waals surface area contributed by atoms with Gasteiger partial charge in [0.25, 0.3) is 0 Å². The molecule has 0 aliphatic carbocycles. The Morgan fingerprint density at radius 1 is 1.24 bits per heavy atom. The third-order valence-corrected chi connectivity index (χ3v) is 4.96. The van der Waals surface area contributed by atoms with Gasteiger partial charge in [-0.2, -0.15) is 0 Å². The number of oxazole rings is 1. The number of nitrogens with one attached hydrogen (secondary N) is 1. The van der Waals surface area contributed by atoms with Crippen LogP contribution in [0.25, 0.3) is 11.1 Å². The van der Waals surface area contributed by atoms with Crippen LogP contribution < -0.4 is 5.32 Å². The number of aliphatic imine (C=N–C) groups is 1. The van der Waals surface area contributed by atoms with Gasteiger partial charge in [-0.25, -0.2) is 9.37 Å². The summed E-state index contributed by atoms with van der Waals surface area (Å²) in [4.78, 5) is 12.7. The Hall–Kier alpha value is -2.41. The van der Waals surface area contributed by atoms with E-state index in [2.05, 4.69) is 34.0 Å². The lowest BCUT2D eigenvalue weighted by molar-refractivity contribution is 0.0230. The number of piperazine rings is 1. The molecule has 2 atom stereocenters. The highest BCUT2D eigenvalue weighted by Gasteiger charge is 2.30. The number of para-hydroxylation sites is 2. The van der Waals surface area contributed by atoms with Crippen molar-refractivity contribution in [3.8, 4) is 0 Å². The van der Waals surface area contributed by atoms with Crippen molar-refractivity contribution in [3.05, 3.63) is 41.6 Å². The standard InChI is InChI=1S/C18H22FN5O/c1-12-13(2)20-11-21-17(12)24-9-7-23(8-10-24)16(19)18-22-14-5-3-4-6-15(14)25-18/h3-6,11,13,16H,7-10H2,1-2H3,(H,20,21). The highest BCUT2D eigenvalue weighted by atomic mass is 19.1. The molecule has 6 nitrogen and oxygen atoms in total. The molecule has 1 aromatic heterocycles. The maximum Gasteiger partial charge on any atom is 0.245 e. The fourth-order valence-corrected chi connectivity index (χ4v) is 3.29. The molecule has 0 saturated carbocycles. The van der Waals surface area contributed by atoms with Gasteiger partial charge >= 0.3 is 0 Å². The number of alkyl halides is 1. The first-order valence-electron chi connectivity index (χ1n) is 8.61. The topological polar surface area (TPSA) is 56.9 Å². The smallest absolute Gasteiger partial charge is 0.245 e. The number of halogens is 1. The van der Waals surface area contributed by atoms with E-state index in [1.165, 1.54) is 5.57 Å². The number of hydrogen-bond donors (Lipinski definition) is 1. The number of rotatable bonds is 3. The van der Waals surface area contributed by atoms with E-state index in [-0.39, 0.29) is 11.9 Å². The SMILES string of the molecule is CC1=C(N2CCN(C(F)c3nc4ccccc4o3)CC2)NC=NC1C. The van der Waals surface area contributed by atoms with Crippen molar-refractivity contribution in [1.82, 2.24) is 20.1 Å². The number of fused-ring (bicyclic) bond motifs is 1. The summed E-state index contributed by atoms with van der Waals surface area (Å²) in [5, 5.41) is 3.23. The maximum atomic E-state index is 14.9. The minimum atomic E-state index is -1.32. The lowest BCUT2D eigenvalue weighted by atomic mass is 10.1. The summed E-state index contributed by atoms with van der Waals surface area (Å²) in [5.41, 5.74) is 2.53. The highest BCUT2D eigenvalue weighted by molar-refractivity contribution is 5.72. The Balaban J connectivity index is 1.44. The summed E-state index contributed by atoms with van der Waals surface area (Å²) < 4.78 is 20.4. The van der Waals surface area contributed by atoms with E-state index in [0.29, 0.717) is 24.2 Å². The van der Waals surface area contributed by atoms with Crippen LogP contribution in [-0.4, -0.2) is 53.3 Å². The van der Waals surface area contributed by atoms with E-state index in [1.54, 1.807) is 11.2 Å². The van der Waals surface area contributed by atoms with Gasteiger partial charge in [0.05, 0.1) is 12.4 Å². The highest BCUT2D eigenvalue weighted by Crippen LogP contribution is 2.27. The van der Waals surface area contributed by atoms with Gasteiger partial charge in [-0.3, -0.25) is 9.89 Å². The van der Waals surface area contributed by atoms with Gasteiger partial charge in [-0.05, 0) is 31.6 Å². The Morgan fingerprint density at radius 3 is 2.76 bits per heavy atom. The van der Waals surface area contributed by atoms with Gasteiger partial charge < -0.3 is 14.6 Å². The molecule has 2 aromatic rings. The van der Waals surface area contributed by atoms with Crippen molar-refractivity contribution in [2.45, 2.75) is 26.2 Å². The lowest BCUT2D eigenvalue weighted by Crippen LogP contribution is -2.49. The first-order valence-corrected chi connectivity index (χ1v) is 8.61. The van der Waals surface area contributed by atoms with Gasteiger partial charge in [-0.15, -0.1) is 0 Å². The minimum Gasteiger partial charge on any atom is -0.436 e. The van der Waals surface area contributed by atoms with Crippen LogP contribution in [0, 0.1) is 0 Å². The third-order valence-electron chi connectivity index (χ3n) is 4.96. The van der Waals surface area contributed by atoms with Crippen molar-refractivity contribution in [2.75, 3.05) is 26.2 Å². The van der Waals surface area contributed by atoms with E-state index in [0.717, 1.165) is 18.9 Å². The average Bonchev–Trinajstić information content (AvgIpc) is 3.08. The molecule has 2 unspecified atom stereocenters. The molecule has 0 bridgehead atoms. The first kappa shape index (κ1) is 16.1. The molecule has 2 aliphatic rings. The van der Waals surface area contributed by atoms with Crippen LogP contribution in [0.4, 0.5) is 4.39 Å². The molecule has 0 spiro atoms. The quantitative estimate of drug-likeness (QED) is 0.869. The normalized spacial score (nSPS) is 23.2. The van der Waals surface area contributed by atoms with Crippen LogP contribution in [-0.2, 0) is 0 Å². The van der Waals surface area contributed by atoms with Crippen LogP contribution in [0.3, 0.4) is 0 Å². The average molecular weight is 343 g/mol. The Bertz CT molecular complexity index is 789. The first-order chi connectivity index (χ1) is 12.1. The molecule has 3 heterocycles. The third kappa shape index (κ3) is 3.00. The summed E-state index contributed by atoms with van der Waals surface area (Å²) >= 11 is 0. The van der Waals surface area contributed by atoms with Crippen molar-refractivity contribution in [3.63, 3.8) is 0 Å². The maximum absolute atomic E-state index is 14.9. The van der Waals surface area contributed by atoms with Crippen LogP contribution in [0.1, 0.15) is 26.0 Å². The van der Waals surface area contributed by atoms with Crippen molar-refractivity contribution < 1.29 is 8.81 Å². The zero-order valence-electron chi connectivity index (χ0n) is 14.4. The molecular weight excluding hydrogens is 321 g/mol. The summed E-state index contributed by atoms with van der Waals surface area (Å²) in [6.45, 7) is 6.90. The fourth-order valence-electron chi connectivity index (χ4n) is 3.29. The fraction of sp³-hybridized carbons (Fsp3) is 0.444. The minimum absolute atomic E-state index is 0.140. The number of nitrogens with zero attached hydrogens (tertiary/aromatic N) is 4. The molecule has 1 N–H and O–H groups in total. The molecule has 7 heteroatoms. The van der Waals surface area contributed by atoms with Crippen LogP contribution >= 0.6 is 0 Å². The summed E-state index contributed by atoms with van der Waals surface area (Å²) in [7, 11) is 0. The number of hydrogen-bond acceptors (Lipinski definition) is 6. The van der Waals surface area contributed by atoms with Crippen molar-refractivity contribution in [2.24, 2.45) is 4.99 Å². The Morgan fingerprint density at radius 2 is 2.00 bits per heavy atom. The predicted octanol–water partition coefficient (Wildman–Crippen LogP) is 2.67.